The van der Waals surface area contributed by atoms with Gasteiger partial charge in [0.05, 0.1) is 6.61 Å². The van der Waals surface area contributed by atoms with Crippen LogP contribution < -0.4 is 16.0 Å². The number of benzene rings is 1. The molecule has 7 nitrogen and oxygen atoms in total. The number of carbonyl (C=O) groups excluding carboxylic acids is 1. The fourth-order valence-electron chi connectivity index (χ4n) is 2.99. The molecular formula is C18H20FN3O4. The summed E-state index contributed by atoms with van der Waals surface area (Å²) in [7, 11) is 0. The van der Waals surface area contributed by atoms with Crippen molar-refractivity contribution in [3.63, 3.8) is 0 Å². The summed E-state index contributed by atoms with van der Waals surface area (Å²) in [5.41, 5.74) is -1.09. The predicted molar refractivity (Wildman–Crippen MR) is 92.5 cm³/mol. The third-order valence-electron chi connectivity index (χ3n) is 4.37. The van der Waals surface area contributed by atoms with E-state index in [1.54, 1.807) is 17.0 Å². The smallest absolute Gasteiger partial charge is 0.328 e. The minimum absolute atomic E-state index is 0.110. The lowest BCUT2D eigenvalue weighted by molar-refractivity contribution is -0.133. The highest BCUT2D eigenvalue weighted by atomic mass is 19.1. The summed E-state index contributed by atoms with van der Waals surface area (Å²) >= 11 is 0. The largest absolute Gasteiger partial charge is 0.493 e. The number of aromatic nitrogens is 2. The van der Waals surface area contributed by atoms with Crippen LogP contribution in [0.5, 0.6) is 5.75 Å². The van der Waals surface area contributed by atoms with Crippen molar-refractivity contribution in [2.45, 2.75) is 19.4 Å². The Balaban J connectivity index is 1.55. The molecule has 0 radical (unpaired) electrons. The Morgan fingerprint density at radius 2 is 2.00 bits per heavy atom. The molecule has 3 rings (SSSR count). The molecule has 2 aromatic rings. The molecule has 26 heavy (non-hydrogen) atoms. The second-order valence-electron chi connectivity index (χ2n) is 6.35. The molecule has 1 N–H and O–H groups in total. The number of hydrogen-bond acceptors (Lipinski definition) is 4. The summed E-state index contributed by atoms with van der Waals surface area (Å²) in [6, 6.07) is 7.04. The van der Waals surface area contributed by atoms with E-state index in [1.165, 1.54) is 29.0 Å². The van der Waals surface area contributed by atoms with E-state index < -0.39 is 11.2 Å². The third-order valence-corrected chi connectivity index (χ3v) is 4.37. The van der Waals surface area contributed by atoms with Crippen LogP contribution in [0.15, 0.2) is 46.1 Å². The van der Waals surface area contributed by atoms with E-state index in [9.17, 15) is 18.8 Å². The van der Waals surface area contributed by atoms with E-state index in [2.05, 4.69) is 4.98 Å². The number of halogens is 1. The number of piperidine rings is 1. The van der Waals surface area contributed by atoms with Crippen molar-refractivity contribution in [2.75, 3.05) is 19.7 Å². The Kier molecular flexibility index (Phi) is 5.50. The highest BCUT2D eigenvalue weighted by Crippen LogP contribution is 2.19. The van der Waals surface area contributed by atoms with Crippen LogP contribution in [-0.4, -0.2) is 40.1 Å². The molecule has 0 spiro atoms. The summed E-state index contributed by atoms with van der Waals surface area (Å²) in [4.78, 5) is 39.1. The normalized spacial score (nSPS) is 17.1. The minimum Gasteiger partial charge on any atom is -0.493 e. The van der Waals surface area contributed by atoms with Crippen LogP contribution >= 0.6 is 0 Å². The van der Waals surface area contributed by atoms with E-state index in [-0.39, 0.29) is 24.2 Å². The highest BCUT2D eigenvalue weighted by molar-refractivity contribution is 5.76. The van der Waals surface area contributed by atoms with Crippen LogP contribution in [0, 0.1) is 11.7 Å². The maximum absolute atomic E-state index is 12.9. The van der Waals surface area contributed by atoms with E-state index in [4.69, 9.17) is 4.74 Å². The number of carbonyl (C=O) groups is 1. The molecule has 0 unspecified atom stereocenters. The fourth-order valence-corrected chi connectivity index (χ4v) is 2.99. The monoisotopic (exact) mass is 361 g/mol. The minimum atomic E-state index is -0.598. The summed E-state index contributed by atoms with van der Waals surface area (Å²) in [6.07, 6.45) is 3.10. The number of nitrogens with one attached hydrogen (secondary N) is 1. The lowest BCUT2D eigenvalue weighted by Gasteiger charge is -2.32. The summed E-state index contributed by atoms with van der Waals surface area (Å²) in [5.74, 6) is 0.273. The lowest BCUT2D eigenvalue weighted by Crippen LogP contribution is -2.44. The number of amides is 1. The summed E-state index contributed by atoms with van der Waals surface area (Å²) < 4.78 is 19.8. The molecule has 0 aliphatic carbocycles. The topological polar surface area (TPSA) is 84.4 Å². The van der Waals surface area contributed by atoms with Gasteiger partial charge in [-0.25, -0.2) is 9.18 Å². The fraction of sp³-hybridized carbons (Fsp3) is 0.389. The van der Waals surface area contributed by atoms with Crippen molar-refractivity contribution in [2.24, 2.45) is 5.92 Å². The van der Waals surface area contributed by atoms with Crippen molar-refractivity contribution < 1.29 is 13.9 Å². The summed E-state index contributed by atoms with van der Waals surface area (Å²) in [5, 5.41) is 0. The average molecular weight is 361 g/mol. The number of nitrogens with zero attached hydrogens (tertiary/aromatic N) is 2. The van der Waals surface area contributed by atoms with Crippen molar-refractivity contribution in [1.82, 2.24) is 14.5 Å². The van der Waals surface area contributed by atoms with Gasteiger partial charge in [-0.2, -0.15) is 0 Å². The molecule has 1 atom stereocenters. The van der Waals surface area contributed by atoms with Crippen LogP contribution in [0.2, 0.25) is 0 Å². The zero-order valence-corrected chi connectivity index (χ0v) is 14.2. The Morgan fingerprint density at radius 3 is 2.73 bits per heavy atom. The van der Waals surface area contributed by atoms with Gasteiger partial charge in [0.25, 0.3) is 5.56 Å². The molecule has 1 fully saturated rings. The van der Waals surface area contributed by atoms with Crippen molar-refractivity contribution in [3.05, 3.63) is 63.2 Å². The van der Waals surface area contributed by atoms with Crippen molar-refractivity contribution in [1.29, 1.82) is 0 Å². The number of hydrogen-bond donors (Lipinski definition) is 1. The van der Waals surface area contributed by atoms with Gasteiger partial charge >= 0.3 is 5.69 Å². The Labute approximate surface area is 149 Å². The van der Waals surface area contributed by atoms with Crippen LogP contribution in [0.4, 0.5) is 4.39 Å². The molecule has 0 bridgehead atoms. The molecule has 1 saturated heterocycles. The van der Waals surface area contributed by atoms with Crippen LogP contribution in [0.3, 0.4) is 0 Å². The Morgan fingerprint density at radius 1 is 1.23 bits per heavy atom. The molecule has 2 heterocycles. The molecular weight excluding hydrogens is 341 g/mol. The standard InChI is InChI=1S/C18H20FN3O4/c19-14-3-5-15(6-4-14)26-12-13-2-1-8-21(10-13)17(24)11-22-9-7-16(23)20-18(22)25/h3-7,9,13H,1-2,8,10-12H2,(H,20,23,25)/t13-/m0/s1. The molecule has 8 heteroatoms. The SMILES string of the molecule is O=C(Cn1ccc(=O)[nH]c1=O)N1CCC[C@H](COc2ccc(F)cc2)C1. The van der Waals surface area contributed by atoms with Gasteiger partial charge in [0.2, 0.25) is 5.91 Å². The van der Waals surface area contributed by atoms with Crippen molar-refractivity contribution >= 4 is 5.91 Å². The molecule has 1 aromatic carbocycles. The third kappa shape index (κ3) is 4.59. The second kappa shape index (κ2) is 7.99. The van der Waals surface area contributed by atoms with Gasteiger partial charge in [-0.15, -0.1) is 0 Å². The van der Waals surface area contributed by atoms with Crippen LogP contribution in [0.25, 0.3) is 0 Å². The van der Waals surface area contributed by atoms with E-state index >= 15 is 0 Å². The maximum Gasteiger partial charge on any atom is 0.328 e. The molecule has 1 aromatic heterocycles. The number of aromatic amines is 1. The van der Waals surface area contributed by atoms with Gasteiger partial charge in [0.1, 0.15) is 18.1 Å². The first-order valence-corrected chi connectivity index (χ1v) is 8.47. The highest BCUT2D eigenvalue weighted by Gasteiger charge is 2.24. The van der Waals surface area contributed by atoms with E-state index in [0.29, 0.717) is 25.4 Å². The first-order chi connectivity index (χ1) is 12.5. The molecule has 0 saturated carbocycles. The number of H-pyrrole nitrogens is 1. The second-order valence-corrected chi connectivity index (χ2v) is 6.35. The molecule has 138 valence electrons. The predicted octanol–water partition coefficient (Wildman–Crippen LogP) is 0.993. The van der Waals surface area contributed by atoms with E-state index in [1.807, 2.05) is 0 Å². The maximum atomic E-state index is 12.9. The van der Waals surface area contributed by atoms with Crippen LogP contribution in [0.1, 0.15) is 12.8 Å². The zero-order valence-electron chi connectivity index (χ0n) is 14.2. The average Bonchev–Trinajstić information content (AvgIpc) is 2.64. The zero-order chi connectivity index (χ0) is 18.5. The molecule has 1 amide bonds. The number of rotatable bonds is 5. The Hall–Kier alpha value is -2.90. The number of likely N-dealkylation sites (tertiary alicyclic amines) is 1. The van der Waals surface area contributed by atoms with Gasteiger partial charge in [-0.05, 0) is 37.1 Å². The van der Waals surface area contributed by atoms with E-state index in [0.717, 1.165) is 12.8 Å². The van der Waals surface area contributed by atoms with Gasteiger partial charge in [-0.3, -0.25) is 19.1 Å². The first kappa shape index (κ1) is 17.9. The van der Waals surface area contributed by atoms with Crippen molar-refractivity contribution in [3.8, 4) is 5.75 Å². The first-order valence-electron chi connectivity index (χ1n) is 8.47. The van der Waals surface area contributed by atoms with Gasteiger partial charge in [-0.1, -0.05) is 0 Å². The number of ether oxygens (including phenoxy) is 1. The Bertz CT molecular complexity index is 875. The van der Waals surface area contributed by atoms with Gasteiger partial charge in [0, 0.05) is 31.3 Å². The molecule has 1 aliphatic heterocycles. The van der Waals surface area contributed by atoms with Crippen LogP contribution in [-0.2, 0) is 11.3 Å². The summed E-state index contributed by atoms with van der Waals surface area (Å²) in [6.45, 7) is 1.50. The van der Waals surface area contributed by atoms with Gasteiger partial charge < -0.3 is 9.64 Å². The lowest BCUT2D eigenvalue weighted by atomic mass is 9.99. The van der Waals surface area contributed by atoms with Gasteiger partial charge in [0.15, 0.2) is 0 Å². The molecule has 1 aliphatic rings. The quantitative estimate of drug-likeness (QED) is 0.861.